The van der Waals surface area contributed by atoms with Gasteiger partial charge in [-0.05, 0) is 12.1 Å². The van der Waals surface area contributed by atoms with Gasteiger partial charge in [-0.25, -0.2) is 4.98 Å². The number of thiazole rings is 1. The van der Waals surface area contributed by atoms with E-state index in [1.165, 1.54) is 4.70 Å². The van der Waals surface area contributed by atoms with E-state index in [2.05, 4.69) is 21.7 Å². The molecule has 0 aliphatic carbocycles. The quantitative estimate of drug-likeness (QED) is 0.830. The number of amides is 1. The Morgan fingerprint density at radius 2 is 2.24 bits per heavy atom. The predicted molar refractivity (Wildman–Crippen MR) is 68.1 cm³/mol. The lowest BCUT2D eigenvalue weighted by atomic mass is 10.1. The second-order valence-electron chi connectivity index (χ2n) is 4.08. The van der Waals surface area contributed by atoms with E-state index in [1.54, 1.807) is 11.3 Å². The zero-order valence-corrected chi connectivity index (χ0v) is 10.1. The lowest BCUT2D eigenvalue weighted by Gasteiger charge is -2.22. The van der Waals surface area contributed by atoms with Crippen LogP contribution < -0.4 is 10.6 Å². The Bertz CT molecular complexity index is 518. The van der Waals surface area contributed by atoms with Gasteiger partial charge in [0.05, 0.1) is 21.3 Å². The molecule has 3 rings (SSSR count). The van der Waals surface area contributed by atoms with Gasteiger partial charge in [0.25, 0.3) is 0 Å². The van der Waals surface area contributed by atoms with Crippen molar-refractivity contribution < 1.29 is 4.79 Å². The first-order valence-electron chi connectivity index (χ1n) is 5.68. The van der Waals surface area contributed by atoms with Crippen LogP contribution >= 0.6 is 11.3 Å². The van der Waals surface area contributed by atoms with Crippen molar-refractivity contribution in [2.45, 2.75) is 12.5 Å². The van der Waals surface area contributed by atoms with Crippen molar-refractivity contribution in [2.24, 2.45) is 0 Å². The number of carbonyl (C=O) groups excluding carboxylic acids is 1. The second kappa shape index (κ2) is 4.43. The summed E-state index contributed by atoms with van der Waals surface area (Å²) in [5, 5.41) is 7.09. The van der Waals surface area contributed by atoms with Crippen LogP contribution in [0.25, 0.3) is 10.2 Å². The number of hydrogen-bond acceptors (Lipinski definition) is 4. The van der Waals surface area contributed by atoms with Crippen LogP contribution in [-0.4, -0.2) is 30.0 Å². The van der Waals surface area contributed by atoms with Gasteiger partial charge in [-0.1, -0.05) is 12.1 Å². The highest BCUT2D eigenvalue weighted by molar-refractivity contribution is 7.18. The minimum Gasteiger partial charge on any atom is -0.353 e. The summed E-state index contributed by atoms with van der Waals surface area (Å²) in [6, 6.07) is 7.92. The number of aromatic nitrogens is 1. The van der Waals surface area contributed by atoms with Gasteiger partial charge in [-0.2, -0.15) is 0 Å². The molecule has 0 saturated carbocycles. The van der Waals surface area contributed by atoms with Gasteiger partial charge in [0, 0.05) is 19.5 Å². The van der Waals surface area contributed by atoms with E-state index in [-0.39, 0.29) is 11.9 Å². The van der Waals surface area contributed by atoms with E-state index in [0.29, 0.717) is 6.42 Å². The molecular formula is C12H13N3OS. The summed E-state index contributed by atoms with van der Waals surface area (Å²) >= 11 is 1.66. The largest absolute Gasteiger partial charge is 0.353 e. The molecule has 1 fully saturated rings. The second-order valence-corrected chi connectivity index (χ2v) is 5.19. The average molecular weight is 247 g/mol. The molecule has 1 aliphatic rings. The highest BCUT2D eigenvalue weighted by atomic mass is 32.1. The fourth-order valence-electron chi connectivity index (χ4n) is 1.99. The van der Waals surface area contributed by atoms with Crippen LogP contribution in [-0.2, 0) is 11.2 Å². The zero-order valence-electron chi connectivity index (χ0n) is 9.27. The first kappa shape index (κ1) is 10.7. The van der Waals surface area contributed by atoms with E-state index >= 15 is 0 Å². The summed E-state index contributed by atoms with van der Waals surface area (Å²) < 4.78 is 1.18. The summed E-state index contributed by atoms with van der Waals surface area (Å²) in [6.07, 6.45) is 0.672. The Labute approximate surface area is 103 Å². The monoisotopic (exact) mass is 247 g/mol. The maximum absolute atomic E-state index is 11.6. The Morgan fingerprint density at radius 1 is 1.35 bits per heavy atom. The molecule has 2 heterocycles. The number of piperazine rings is 1. The van der Waals surface area contributed by atoms with Crippen molar-refractivity contribution in [1.29, 1.82) is 0 Å². The number of carbonyl (C=O) groups is 1. The molecule has 1 unspecified atom stereocenters. The molecule has 1 saturated heterocycles. The predicted octanol–water partition coefficient (Wildman–Crippen LogP) is 0.927. The summed E-state index contributed by atoms with van der Waals surface area (Å²) in [6.45, 7) is 1.55. The smallest absolute Gasteiger partial charge is 0.237 e. The lowest BCUT2D eigenvalue weighted by Crippen LogP contribution is -2.53. The van der Waals surface area contributed by atoms with Gasteiger partial charge in [-0.15, -0.1) is 11.3 Å². The number of fused-ring (bicyclic) bond motifs is 1. The van der Waals surface area contributed by atoms with Crippen LogP contribution in [0.2, 0.25) is 0 Å². The van der Waals surface area contributed by atoms with Gasteiger partial charge in [0.15, 0.2) is 0 Å². The third kappa shape index (κ3) is 2.16. The maximum Gasteiger partial charge on any atom is 0.237 e. The molecule has 2 N–H and O–H groups in total. The van der Waals surface area contributed by atoms with Gasteiger partial charge in [0.1, 0.15) is 0 Å². The third-order valence-corrected chi connectivity index (χ3v) is 3.91. The van der Waals surface area contributed by atoms with E-state index in [9.17, 15) is 4.79 Å². The van der Waals surface area contributed by atoms with E-state index in [4.69, 9.17) is 0 Å². The minimum atomic E-state index is -0.135. The SMILES string of the molecule is O=C1NCCNC1Cc1nc2ccccc2s1. The topological polar surface area (TPSA) is 54.0 Å². The van der Waals surface area contributed by atoms with Crippen LogP contribution in [0.1, 0.15) is 5.01 Å². The van der Waals surface area contributed by atoms with Crippen molar-refractivity contribution in [3.05, 3.63) is 29.3 Å². The molecule has 0 bridgehead atoms. The summed E-state index contributed by atoms with van der Waals surface area (Å²) in [5.74, 6) is 0.0792. The van der Waals surface area contributed by atoms with Crippen LogP contribution in [0.5, 0.6) is 0 Å². The van der Waals surface area contributed by atoms with E-state index < -0.39 is 0 Å². The Kier molecular flexibility index (Phi) is 2.78. The van der Waals surface area contributed by atoms with E-state index in [0.717, 1.165) is 23.6 Å². The van der Waals surface area contributed by atoms with Crippen molar-refractivity contribution in [2.75, 3.05) is 13.1 Å². The van der Waals surface area contributed by atoms with Gasteiger partial charge < -0.3 is 10.6 Å². The first-order chi connectivity index (χ1) is 8.33. The van der Waals surface area contributed by atoms with Gasteiger partial charge in [-0.3, -0.25) is 4.79 Å². The number of nitrogens with zero attached hydrogens (tertiary/aromatic N) is 1. The van der Waals surface area contributed by atoms with E-state index in [1.807, 2.05) is 18.2 Å². The molecule has 5 heteroatoms. The third-order valence-electron chi connectivity index (χ3n) is 2.85. The maximum atomic E-state index is 11.6. The number of hydrogen-bond donors (Lipinski definition) is 2. The number of nitrogens with one attached hydrogen (secondary N) is 2. The molecular weight excluding hydrogens is 234 g/mol. The molecule has 1 amide bonds. The molecule has 88 valence electrons. The van der Waals surface area contributed by atoms with Crippen LogP contribution in [0.4, 0.5) is 0 Å². The molecule has 1 aliphatic heterocycles. The normalized spacial score (nSPS) is 20.5. The Morgan fingerprint density at radius 3 is 3.06 bits per heavy atom. The molecule has 17 heavy (non-hydrogen) atoms. The van der Waals surface area contributed by atoms with Crippen LogP contribution in [0.3, 0.4) is 0 Å². The molecule has 1 aromatic heterocycles. The molecule has 2 aromatic rings. The Balaban J connectivity index is 1.82. The van der Waals surface area contributed by atoms with Crippen LogP contribution in [0.15, 0.2) is 24.3 Å². The molecule has 1 aromatic carbocycles. The van der Waals surface area contributed by atoms with Crippen molar-refractivity contribution in [3.8, 4) is 0 Å². The highest BCUT2D eigenvalue weighted by Gasteiger charge is 2.22. The van der Waals surface area contributed by atoms with Crippen molar-refractivity contribution in [1.82, 2.24) is 15.6 Å². The standard InChI is InChI=1S/C12H13N3OS/c16-12-9(13-5-6-14-12)7-11-15-8-3-1-2-4-10(8)17-11/h1-4,9,13H,5-7H2,(H,14,16). The van der Waals surface area contributed by atoms with Crippen molar-refractivity contribution in [3.63, 3.8) is 0 Å². The Hall–Kier alpha value is -1.46. The summed E-state index contributed by atoms with van der Waals surface area (Å²) in [4.78, 5) is 16.2. The highest BCUT2D eigenvalue weighted by Crippen LogP contribution is 2.22. The molecule has 0 spiro atoms. The molecule has 1 atom stereocenters. The average Bonchev–Trinajstić information content (AvgIpc) is 2.74. The fraction of sp³-hybridized carbons (Fsp3) is 0.333. The van der Waals surface area contributed by atoms with Gasteiger partial charge >= 0.3 is 0 Å². The summed E-state index contributed by atoms with van der Waals surface area (Å²) in [5.41, 5.74) is 1.02. The molecule has 0 radical (unpaired) electrons. The molecule has 4 nitrogen and oxygen atoms in total. The van der Waals surface area contributed by atoms with Crippen LogP contribution in [0, 0.1) is 0 Å². The minimum absolute atomic E-state index is 0.0792. The van der Waals surface area contributed by atoms with Crippen molar-refractivity contribution >= 4 is 27.5 Å². The number of benzene rings is 1. The summed E-state index contributed by atoms with van der Waals surface area (Å²) in [7, 11) is 0. The lowest BCUT2D eigenvalue weighted by molar-refractivity contribution is -0.124. The fourth-order valence-corrected chi connectivity index (χ4v) is 3.01. The first-order valence-corrected chi connectivity index (χ1v) is 6.50. The van der Waals surface area contributed by atoms with Gasteiger partial charge in [0.2, 0.25) is 5.91 Å². The zero-order chi connectivity index (χ0) is 11.7. The number of para-hydroxylation sites is 1. The number of rotatable bonds is 2.